The number of alkyl halides is 1. The summed E-state index contributed by atoms with van der Waals surface area (Å²) in [4.78, 5) is 14.1. The van der Waals surface area contributed by atoms with Gasteiger partial charge in [0.25, 0.3) is 0 Å². The number of hydrogen-bond acceptors (Lipinski definition) is 4. The smallest absolute Gasteiger partial charge is 0.410 e. The highest BCUT2D eigenvalue weighted by molar-refractivity contribution is 9.08. The van der Waals surface area contributed by atoms with Gasteiger partial charge in [-0.05, 0) is 51.3 Å². The summed E-state index contributed by atoms with van der Waals surface area (Å²) in [5.41, 5.74) is 0.484. The highest BCUT2D eigenvalue weighted by atomic mass is 79.9. The van der Waals surface area contributed by atoms with E-state index in [1.807, 2.05) is 32.9 Å². The number of amides is 1. The molecule has 0 N–H and O–H groups in total. The van der Waals surface area contributed by atoms with Gasteiger partial charge >= 0.3 is 6.09 Å². The zero-order chi connectivity index (χ0) is 19.5. The molecule has 0 radical (unpaired) electrons. The van der Waals surface area contributed by atoms with Crippen molar-refractivity contribution in [3.05, 3.63) is 29.8 Å². The average Bonchev–Trinajstić information content (AvgIpc) is 2.59. The van der Waals surface area contributed by atoms with Gasteiger partial charge in [0.1, 0.15) is 5.60 Å². The van der Waals surface area contributed by atoms with Gasteiger partial charge < -0.3 is 9.64 Å². The van der Waals surface area contributed by atoms with Gasteiger partial charge in [0, 0.05) is 31.5 Å². The maximum atomic E-state index is 12.8. The topological polar surface area (TPSA) is 66.9 Å². The van der Waals surface area contributed by atoms with Crippen LogP contribution in [0.25, 0.3) is 0 Å². The first-order valence-electron chi connectivity index (χ1n) is 8.65. The van der Waals surface area contributed by atoms with Gasteiger partial charge in [-0.2, -0.15) is 4.31 Å². The Morgan fingerprint density at radius 1 is 1.23 bits per heavy atom. The van der Waals surface area contributed by atoms with Crippen LogP contribution in [0, 0.1) is 0 Å². The van der Waals surface area contributed by atoms with E-state index in [2.05, 4.69) is 15.9 Å². The third-order valence-corrected chi connectivity index (χ3v) is 6.93. The van der Waals surface area contributed by atoms with Crippen LogP contribution in [-0.2, 0) is 20.1 Å². The fourth-order valence-corrected chi connectivity index (χ4v) is 4.70. The molecule has 0 bridgehead atoms. The van der Waals surface area contributed by atoms with E-state index >= 15 is 0 Å². The third-order valence-electron chi connectivity index (χ3n) is 4.37. The van der Waals surface area contributed by atoms with Gasteiger partial charge in [-0.1, -0.05) is 28.1 Å². The predicted molar refractivity (Wildman–Crippen MR) is 105 cm³/mol. The first-order valence-corrected chi connectivity index (χ1v) is 11.2. The first kappa shape index (κ1) is 21.2. The molecule has 0 aromatic heterocycles. The van der Waals surface area contributed by atoms with E-state index < -0.39 is 15.6 Å². The predicted octanol–water partition coefficient (Wildman–Crippen LogP) is 3.60. The maximum Gasteiger partial charge on any atom is 0.410 e. The lowest BCUT2D eigenvalue weighted by Gasteiger charge is -2.36. The molecule has 2 rings (SSSR count). The van der Waals surface area contributed by atoms with Crippen LogP contribution in [0.2, 0.25) is 0 Å². The second-order valence-corrected chi connectivity index (χ2v) is 10.0. The molecule has 146 valence electrons. The molecule has 8 heteroatoms. The molecule has 0 spiro atoms. The lowest BCUT2D eigenvalue weighted by molar-refractivity contribution is 0.0178. The van der Waals surface area contributed by atoms with Crippen molar-refractivity contribution >= 4 is 32.0 Å². The molecule has 6 nitrogen and oxygen atoms in total. The van der Waals surface area contributed by atoms with Crippen LogP contribution in [0.1, 0.15) is 39.2 Å². The number of sulfonamides is 1. The summed E-state index contributed by atoms with van der Waals surface area (Å²) < 4.78 is 32.5. The zero-order valence-corrected chi connectivity index (χ0v) is 18.1. The normalized spacial score (nSPS) is 17.1. The Morgan fingerprint density at radius 2 is 1.77 bits per heavy atom. The Balaban J connectivity index is 1.99. The Hall–Kier alpha value is -1.12. The largest absolute Gasteiger partial charge is 0.444 e. The fourth-order valence-electron chi connectivity index (χ4n) is 2.85. The summed E-state index contributed by atoms with van der Waals surface area (Å²) in [6, 6.07) is 6.89. The van der Waals surface area contributed by atoms with Crippen LogP contribution in [-0.4, -0.2) is 55.5 Å². The third kappa shape index (κ3) is 5.20. The second kappa shape index (κ2) is 8.27. The van der Waals surface area contributed by atoms with Crippen LogP contribution in [0.5, 0.6) is 0 Å². The molecule has 1 saturated heterocycles. The van der Waals surface area contributed by atoms with E-state index in [0.717, 1.165) is 5.56 Å². The quantitative estimate of drug-likeness (QED) is 0.662. The van der Waals surface area contributed by atoms with Crippen LogP contribution < -0.4 is 0 Å². The molecular weight excluding hydrogens is 420 g/mol. The minimum atomic E-state index is -3.50. The number of rotatable bonds is 4. The lowest BCUT2D eigenvalue weighted by atomic mass is 10.1. The molecule has 0 saturated carbocycles. The fraction of sp³-hybridized carbons (Fsp3) is 0.611. The number of benzene rings is 1. The number of hydrogen-bond donors (Lipinski definition) is 0. The number of carbonyl (C=O) groups is 1. The van der Waals surface area contributed by atoms with Gasteiger partial charge in [-0.15, -0.1) is 0 Å². The summed E-state index contributed by atoms with van der Waals surface area (Å²) >= 11 is 3.36. The van der Waals surface area contributed by atoms with Crippen LogP contribution in [0.15, 0.2) is 29.2 Å². The van der Waals surface area contributed by atoms with E-state index in [4.69, 9.17) is 4.74 Å². The standard InChI is InChI=1S/C18H27BrN2O4S/c1-18(2,3)25-17(22)20(4)15-9-11-21(12-10-15)26(23,24)16-7-5-14(13-19)6-8-16/h5-8,15H,9-13H2,1-4H3. The Kier molecular flexibility index (Phi) is 6.74. The van der Waals surface area contributed by atoms with Gasteiger partial charge in [0.2, 0.25) is 10.0 Å². The van der Waals surface area contributed by atoms with Crippen molar-refractivity contribution in [3.63, 3.8) is 0 Å². The average molecular weight is 447 g/mol. The van der Waals surface area contributed by atoms with Crippen molar-refractivity contribution in [2.45, 2.75) is 55.5 Å². The summed E-state index contributed by atoms with van der Waals surface area (Å²) in [7, 11) is -1.79. The minimum absolute atomic E-state index is 0.0212. The van der Waals surface area contributed by atoms with Crippen LogP contribution in [0.3, 0.4) is 0 Å². The van der Waals surface area contributed by atoms with Gasteiger partial charge in [0.15, 0.2) is 0 Å². The lowest BCUT2D eigenvalue weighted by Crippen LogP contribution is -2.48. The molecule has 0 atom stereocenters. The molecule has 0 aliphatic carbocycles. The van der Waals surface area contributed by atoms with Crippen molar-refractivity contribution in [2.24, 2.45) is 0 Å². The van der Waals surface area contributed by atoms with E-state index in [1.54, 1.807) is 24.1 Å². The van der Waals surface area contributed by atoms with Crippen molar-refractivity contribution in [1.29, 1.82) is 0 Å². The highest BCUT2D eigenvalue weighted by Crippen LogP contribution is 2.24. The summed E-state index contributed by atoms with van der Waals surface area (Å²) in [6.45, 7) is 6.26. The molecule has 1 amide bonds. The van der Waals surface area contributed by atoms with Crippen molar-refractivity contribution < 1.29 is 17.9 Å². The molecule has 1 aromatic rings. The monoisotopic (exact) mass is 446 g/mol. The summed E-state index contributed by atoms with van der Waals surface area (Å²) in [6.07, 6.45) is 0.812. The van der Waals surface area contributed by atoms with Gasteiger partial charge in [0.05, 0.1) is 4.90 Å². The highest BCUT2D eigenvalue weighted by Gasteiger charge is 2.33. The molecule has 1 aromatic carbocycles. The zero-order valence-electron chi connectivity index (χ0n) is 15.7. The van der Waals surface area contributed by atoms with Crippen LogP contribution in [0.4, 0.5) is 4.79 Å². The van der Waals surface area contributed by atoms with Gasteiger partial charge in [-0.25, -0.2) is 13.2 Å². The van der Waals surface area contributed by atoms with E-state index in [1.165, 1.54) is 4.31 Å². The van der Waals surface area contributed by atoms with E-state index in [9.17, 15) is 13.2 Å². The van der Waals surface area contributed by atoms with E-state index in [-0.39, 0.29) is 12.1 Å². The maximum absolute atomic E-state index is 12.8. The first-order chi connectivity index (χ1) is 12.0. The van der Waals surface area contributed by atoms with Gasteiger partial charge in [-0.3, -0.25) is 0 Å². The summed E-state index contributed by atoms with van der Waals surface area (Å²) in [5.74, 6) is 0. The van der Waals surface area contributed by atoms with Crippen molar-refractivity contribution in [3.8, 4) is 0 Å². The number of halogens is 1. The SMILES string of the molecule is CN(C(=O)OC(C)(C)C)C1CCN(S(=O)(=O)c2ccc(CBr)cc2)CC1. The second-order valence-electron chi connectivity index (χ2n) is 7.50. The minimum Gasteiger partial charge on any atom is -0.444 e. The number of piperidine rings is 1. The molecule has 1 aliphatic heterocycles. The van der Waals surface area contributed by atoms with Crippen LogP contribution >= 0.6 is 15.9 Å². The molecule has 26 heavy (non-hydrogen) atoms. The van der Waals surface area contributed by atoms with Crippen molar-refractivity contribution in [1.82, 2.24) is 9.21 Å². The number of ether oxygens (including phenoxy) is 1. The molecule has 1 aliphatic rings. The molecule has 0 unspecified atom stereocenters. The molecular formula is C18H27BrN2O4S. The number of carbonyl (C=O) groups excluding carboxylic acids is 1. The van der Waals surface area contributed by atoms with Crippen molar-refractivity contribution in [2.75, 3.05) is 20.1 Å². The Bertz CT molecular complexity index is 721. The summed E-state index contributed by atoms with van der Waals surface area (Å²) in [5, 5.41) is 0.690. The number of nitrogens with zero attached hydrogens (tertiary/aromatic N) is 2. The Morgan fingerprint density at radius 3 is 2.23 bits per heavy atom. The Labute approximate surface area is 164 Å². The molecule has 1 fully saturated rings. The molecule has 1 heterocycles. The van der Waals surface area contributed by atoms with E-state index in [0.29, 0.717) is 36.2 Å².